The highest BCUT2D eigenvalue weighted by atomic mass is 16.3. The van der Waals surface area contributed by atoms with Crippen LogP contribution in [-0.4, -0.2) is 39.9 Å². The van der Waals surface area contributed by atoms with Gasteiger partial charge in [-0.25, -0.2) is 0 Å². The van der Waals surface area contributed by atoms with Crippen LogP contribution in [0.15, 0.2) is 36.5 Å². The molecule has 1 aliphatic rings. The van der Waals surface area contributed by atoms with Crippen molar-refractivity contribution in [2.75, 3.05) is 18.0 Å². The molecule has 0 aliphatic carbocycles. The smallest absolute Gasteiger partial charge is 0.185 e. The first-order chi connectivity index (χ1) is 11.5. The van der Waals surface area contributed by atoms with Crippen molar-refractivity contribution in [3.63, 3.8) is 0 Å². The standard InChI is InChI=1S/C19H23N3O2/c1-14-16(13-20-21(14)2)5-8-19(24)15-3-6-17(7-4-15)22-11-9-18(23)10-12-22/h3-8,13,18,23H,9-12H2,1-2H3/b8-5+. The topological polar surface area (TPSA) is 58.4 Å². The van der Waals surface area contributed by atoms with Crippen molar-refractivity contribution in [2.45, 2.75) is 25.9 Å². The number of piperidine rings is 1. The number of aliphatic hydroxyl groups excluding tert-OH is 1. The maximum Gasteiger partial charge on any atom is 0.185 e. The predicted octanol–water partition coefficient (Wildman–Crippen LogP) is 2.59. The summed E-state index contributed by atoms with van der Waals surface area (Å²) in [6.07, 6.45) is 6.58. The van der Waals surface area contributed by atoms with Crippen LogP contribution in [0.2, 0.25) is 0 Å². The lowest BCUT2D eigenvalue weighted by Gasteiger charge is -2.31. The summed E-state index contributed by atoms with van der Waals surface area (Å²) in [5.74, 6) is -0.0149. The number of hydrogen-bond donors (Lipinski definition) is 1. The second kappa shape index (κ2) is 7.01. The van der Waals surface area contributed by atoms with Crippen molar-refractivity contribution >= 4 is 17.5 Å². The van der Waals surface area contributed by atoms with E-state index >= 15 is 0 Å². The third-order valence-corrected chi connectivity index (χ3v) is 4.67. The van der Waals surface area contributed by atoms with Crippen LogP contribution >= 0.6 is 0 Å². The van der Waals surface area contributed by atoms with Crippen LogP contribution in [0.25, 0.3) is 6.08 Å². The number of aliphatic hydroxyl groups is 1. The van der Waals surface area contributed by atoms with Gasteiger partial charge in [0.25, 0.3) is 0 Å². The molecule has 0 saturated carbocycles. The van der Waals surface area contributed by atoms with Gasteiger partial charge in [-0.3, -0.25) is 9.48 Å². The van der Waals surface area contributed by atoms with Crippen LogP contribution in [0.3, 0.4) is 0 Å². The van der Waals surface area contributed by atoms with E-state index in [9.17, 15) is 9.90 Å². The highest BCUT2D eigenvalue weighted by Crippen LogP contribution is 2.21. The van der Waals surface area contributed by atoms with Crippen LogP contribution in [0.5, 0.6) is 0 Å². The summed E-state index contributed by atoms with van der Waals surface area (Å²) >= 11 is 0. The minimum absolute atomic E-state index is 0.0149. The molecule has 2 heterocycles. The molecule has 1 aliphatic heterocycles. The van der Waals surface area contributed by atoms with E-state index in [0.29, 0.717) is 5.56 Å². The van der Waals surface area contributed by atoms with Gasteiger partial charge < -0.3 is 10.0 Å². The minimum Gasteiger partial charge on any atom is -0.393 e. The monoisotopic (exact) mass is 325 g/mol. The number of hydrogen-bond acceptors (Lipinski definition) is 4. The number of allylic oxidation sites excluding steroid dienone is 1. The molecule has 0 amide bonds. The Morgan fingerprint density at radius 3 is 2.50 bits per heavy atom. The number of aryl methyl sites for hydroxylation is 1. The summed E-state index contributed by atoms with van der Waals surface area (Å²) in [6.45, 7) is 3.69. The molecule has 1 aromatic heterocycles. The molecular formula is C19H23N3O2. The lowest BCUT2D eigenvalue weighted by Crippen LogP contribution is -2.35. The van der Waals surface area contributed by atoms with Gasteiger partial charge in [-0.05, 0) is 56.2 Å². The third-order valence-electron chi connectivity index (χ3n) is 4.67. The van der Waals surface area contributed by atoms with Crippen molar-refractivity contribution < 1.29 is 9.90 Å². The molecule has 1 aromatic carbocycles. The number of nitrogens with zero attached hydrogens (tertiary/aromatic N) is 3. The maximum absolute atomic E-state index is 12.3. The van der Waals surface area contributed by atoms with Gasteiger partial charge in [0.15, 0.2) is 5.78 Å². The molecule has 126 valence electrons. The van der Waals surface area contributed by atoms with Gasteiger partial charge in [0.1, 0.15) is 0 Å². The van der Waals surface area contributed by atoms with E-state index in [4.69, 9.17) is 0 Å². The molecule has 1 N–H and O–H groups in total. The molecule has 24 heavy (non-hydrogen) atoms. The molecule has 0 bridgehead atoms. The average molecular weight is 325 g/mol. The van der Waals surface area contributed by atoms with E-state index in [1.54, 1.807) is 17.0 Å². The number of rotatable bonds is 4. The van der Waals surface area contributed by atoms with Gasteiger partial charge in [-0.1, -0.05) is 0 Å². The molecule has 5 nitrogen and oxygen atoms in total. The molecule has 2 aromatic rings. The number of ketones is 1. The Morgan fingerprint density at radius 2 is 1.92 bits per heavy atom. The van der Waals surface area contributed by atoms with Crippen LogP contribution in [0, 0.1) is 6.92 Å². The predicted molar refractivity (Wildman–Crippen MR) is 95.2 cm³/mol. The largest absolute Gasteiger partial charge is 0.393 e. The van der Waals surface area contributed by atoms with Gasteiger partial charge in [0.05, 0.1) is 12.3 Å². The second-order valence-electron chi connectivity index (χ2n) is 6.27. The minimum atomic E-state index is -0.178. The summed E-state index contributed by atoms with van der Waals surface area (Å²) in [7, 11) is 1.88. The molecule has 5 heteroatoms. The van der Waals surface area contributed by atoms with Crippen molar-refractivity contribution in [3.05, 3.63) is 53.4 Å². The Hall–Kier alpha value is -2.40. The fourth-order valence-electron chi connectivity index (χ4n) is 2.90. The Labute approximate surface area is 142 Å². The average Bonchev–Trinajstić information content (AvgIpc) is 2.92. The first-order valence-electron chi connectivity index (χ1n) is 8.28. The quantitative estimate of drug-likeness (QED) is 0.693. The van der Waals surface area contributed by atoms with E-state index in [2.05, 4.69) is 10.00 Å². The van der Waals surface area contributed by atoms with E-state index in [-0.39, 0.29) is 11.9 Å². The van der Waals surface area contributed by atoms with E-state index in [1.807, 2.05) is 44.3 Å². The number of anilines is 1. The number of aromatic nitrogens is 2. The van der Waals surface area contributed by atoms with Crippen molar-refractivity contribution in [2.24, 2.45) is 7.05 Å². The van der Waals surface area contributed by atoms with Crippen LogP contribution in [0.4, 0.5) is 5.69 Å². The van der Waals surface area contributed by atoms with Gasteiger partial charge in [-0.15, -0.1) is 0 Å². The molecule has 0 atom stereocenters. The fourth-order valence-corrected chi connectivity index (χ4v) is 2.90. The molecular weight excluding hydrogens is 302 g/mol. The first-order valence-corrected chi connectivity index (χ1v) is 8.28. The van der Waals surface area contributed by atoms with Gasteiger partial charge in [-0.2, -0.15) is 5.10 Å². The lowest BCUT2D eigenvalue weighted by molar-refractivity contribution is 0.104. The van der Waals surface area contributed by atoms with Crippen molar-refractivity contribution in [3.8, 4) is 0 Å². The van der Waals surface area contributed by atoms with Crippen molar-refractivity contribution in [1.29, 1.82) is 0 Å². The number of carbonyl (C=O) groups is 1. The number of carbonyl (C=O) groups excluding carboxylic acids is 1. The summed E-state index contributed by atoms with van der Waals surface area (Å²) < 4.78 is 1.79. The summed E-state index contributed by atoms with van der Waals surface area (Å²) in [6, 6.07) is 7.69. The van der Waals surface area contributed by atoms with E-state index < -0.39 is 0 Å². The Kier molecular flexibility index (Phi) is 4.81. The zero-order valence-corrected chi connectivity index (χ0v) is 14.1. The normalized spacial score (nSPS) is 16.0. The first kappa shape index (κ1) is 16.5. The third kappa shape index (κ3) is 3.57. The molecule has 3 rings (SSSR count). The highest BCUT2D eigenvalue weighted by molar-refractivity contribution is 6.07. The molecule has 0 spiro atoms. The van der Waals surface area contributed by atoms with Crippen molar-refractivity contribution in [1.82, 2.24) is 9.78 Å². The van der Waals surface area contributed by atoms with Gasteiger partial charge in [0.2, 0.25) is 0 Å². The van der Waals surface area contributed by atoms with Crippen LogP contribution < -0.4 is 4.90 Å². The SMILES string of the molecule is Cc1c(/C=C/C(=O)c2ccc(N3CCC(O)CC3)cc2)cnn1C. The molecule has 1 fully saturated rings. The fraction of sp³-hybridized carbons (Fsp3) is 0.368. The summed E-state index contributed by atoms with van der Waals surface area (Å²) in [4.78, 5) is 14.6. The Morgan fingerprint density at radius 1 is 1.25 bits per heavy atom. The second-order valence-corrected chi connectivity index (χ2v) is 6.27. The summed E-state index contributed by atoms with van der Waals surface area (Å²) in [5.41, 5.74) is 3.76. The zero-order valence-electron chi connectivity index (χ0n) is 14.1. The summed E-state index contributed by atoms with van der Waals surface area (Å²) in [5, 5.41) is 13.7. The van der Waals surface area contributed by atoms with E-state index in [0.717, 1.165) is 42.9 Å². The maximum atomic E-state index is 12.3. The number of benzene rings is 1. The molecule has 0 unspecified atom stereocenters. The lowest BCUT2D eigenvalue weighted by atomic mass is 10.1. The van der Waals surface area contributed by atoms with E-state index in [1.165, 1.54) is 0 Å². The highest BCUT2D eigenvalue weighted by Gasteiger charge is 2.17. The van der Waals surface area contributed by atoms with Crippen LogP contribution in [-0.2, 0) is 7.05 Å². The zero-order chi connectivity index (χ0) is 17.1. The van der Waals surface area contributed by atoms with Gasteiger partial charge in [0, 0.05) is 42.6 Å². The Bertz CT molecular complexity index is 738. The van der Waals surface area contributed by atoms with Crippen LogP contribution in [0.1, 0.15) is 34.5 Å². The molecule has 1 saturated heterocycles. The Balaban J connectivity index is 1.66. The molecule has 0 radical (unpaired) electrons. The van der Waals surface area contributed by atoms with Gasteiger partial charge >= 0.3 is 0 Å².